The summed E-state index contributed by atoms with van der Waals surface area (Å²) >= 11 is 0. The number of benzene rings is 1. The zero-order valence-electron chi connectivity index (χ0n) is 9.73. The molecule has 1 N–H and O–H groups in total. The van der Waals surface area contributed by atoms with Gasteiger partial charge in [0.1, 0.15) is 5.75 Å². The van der Waals surface area contributed by atoms with Gasteiger partial charge < -0.3 is 14.6 Å². The zero-order chi connectivity index (χ0) is 12.8. The van der Waals surface area contributed by atoms with Crippen LogP contribution in [-0.2, 0) is 16.1 Å². The second-order valence-corrected chi connectivity index (χ2v) is 3.21. The number of aliphatic hydroxyl groups is 1. The molecule has 0 radical (unpaired) electrons. The van der Waals surface area contributed by atoms with Crippen molar-refractivity contribution in [3.63, 3.8) is 0 Å². The summed E-state index contributed by atoms with van der Waals surface area (Å²) in [6, 6.07) is 4.64. The van der Waals surface area contributed by atoms with E-state index in [-0.39, 0.29) is 24.5 Å². The Kier molecular flexibility index (Phi) is 4.66. The Labute approximate surface area is 99.0 Å². The van der Waals surface area contributed by atoms with Gasteiger partial charge in [0.25, 0.3) is 5.78 Å². The van der Waals surface area contributed by atoms with Crippen molar-refractivity contribution < 1.29 is 24.2 Å². The number of methoxy groups -OCH3 is 1. The normalized spacial score (nSPS) is 9.82. The fourth-order valence-electron chi connectivity index (χ4n) is 1.44. The van der Waals surface area contributed by atoms with E-state index in [1.165, 1.54) is 13.2 Å². The van der Waals surface area contributed by atoms with Crippen LogP contribution in [0.1, 0.15) is 22.8 Å². The second-order valence-electron chi connectivity index (χ2n) is 3.21. The van der Waals surface area contributed by atoms with Crippen molar-refractivity contribution in [2.75, 3.05) is 13.7 Å². The number of Topliss-reactive ketones (excluding diaryl/α,β-unsaturated/α-hetero) is 1. The highest BCUT2D eigenvalue weighted by Gasteiger charge is 2.22. The van der Waals surface area contributed by atoms with Crippen LogP contribution in [0.15, 0.2) is 18.2 Å². The molecule has 5 nitrogen and oxygen atoms in total. The molecule has 0 aliphatic rings. The highest BCUT2D eigenvalue weighted by molar-refractivity contribution is 6.41. The van der Waals surface area contributed by atoms with Crippen LogP contribution in [0.4, 0.5) is 0 Å². The molecule has 0 aliphatic heterocycles. The molecule has 92 valence electrons. The number of carbonyl (C=O) groups is 2. The highest BCUT2D eigenvalue weighted by Crippen LogP contribution is 2.24. The molecule has 0 aromatic heterocycles. The van der Waals surface area contributed by atoms with Crippen LogP contribution in [0.5, 0.6) is 5.75 Å². The fourth-order valence-corrected chi connectivity index (χ4v) is 1.44. The van der Waals surface area contributed by atoms with E-state index in [1.807, 2.05) is 0 Å². The molecule has 0 unspecified atom stereocenters. The Morgan fingerprint density at radius 3 is 2.59 bits per heavy atom. The topological polar surface area (TPSA) is 72.8 Å². The number of carbonyl (C=O) groups excluding carboxylic acids is 2. The third kappa shape index (κ3) is 2.82. The molecule has 1 aromatic rings. The minimum Gasteiger partial charge on any atom is -0.496 e. The van der Waals surface area contributed by atoms with Crippen molar-refractivity contribution in [3.8, 4) is 5.75 Å². The first kappa shape index (κ1) is 13.2. The van der Waals surface area contributed by atoms with E-state index in [9.17, 15) is 9.59 Å². The van der Waals surface area contributed by atoms with Crippen molar-refractivity contribution >= 4 is 11.8 Å². The van der Waals surface area contributed by atoms with E-state index in [2.05, 4.69) is 4.74 Å². The Bertz CT molecular complexity index is 425. The average molecular weight is 238 g/mol. The Balaban J connectivity index is 3.13. The minimum absolute atomic E-state index is 0.0949. The molecule has 0 aliphatic carbocycles. The lowest BCUT2D eigenvalue weighted by molar-refractivity contribution is -0.137. The lowest BCUT2D eigenvalue weighted by Crippen LogP contribution is -2.18. The lowest BCUT2D eigenvalue weighted by Gasteiger charge is -2.10. The first-order chi connectivity index (χ1) is 8.15. The van der Waals surface area contributed by atoms with E-state index in [4.69, 9.17) is 9.84 Å². The molecule has 17 heavy (non-hydrogen) atoms. The number of rotatable bonds is 5. The van der Waals surface area contributed by atoms with Crippen LogP contribution in [0.3, 0.4) is 0 Å². The van der Waals surface area contributed by atoms with E-state index in [0.29, 0.717) is 5.56 Å². The van der Waals surface area contributed by atoms with Gasteiger partial charge in [0.15, 0.2) is 0 Å². The molecule has 5 heteroatoms. The van der Waals surface area contributed by atoms with Crippen molar-refractivity contribution in [3.05, 3.63) is 29.3 Å². The summed E-state index contributed by atoms with van der Waals surface area (Å²) < 4.78 is 9.65. The first-order valence-electron chi connectivity index (χ1n) is 5.13. The summed E-state index contributed by atoms with van der Waals surface area (Å²) in [6.07, 6.45) is 0. The second kappa shape index (κ2) is 6.00. The third-order valence-corrected chi connectivity index (χ3v) is 2.18. The van der Waals surface area contributed by atoms with Crippen molar-refractivity contribution in [2.45, 2.75) is 13.5 Å². The summed E-state index contributed by atoms with van der Waals surface area (Å²) in [7, 11) is 1.37. The summed E-state index contributed by atoms with van der Waals surface area (Å²) in [6.45, 7) is 1.48. The molecule has 0 bridgehead atoms. The van der Waals surface area contributed by atoms with Crippen LogP contribution >= 0.6 is 0 Å². The molecule has 1 rings (SSSR count). The average Bonchev–Trinajstić information content (AvgIpc) is 2.36. The maximum absolute atomic E-state index is 11.7. The SMILES string of the molecule is CCOC(=O)C(=O)c1cccc(CO)c1OC. The predicted molar refractivity (Wildman–Crippen MR) is 59.9 cm³/mol. The van der Waals surface area contributed by atoms with Gasteiger partial charge in [0.05, 0.1) is 25.9 Å². The molecule has 0 heterocycles. The van der Waals surface area contributed by atoms with Gasteiger partial charge in [-0.2, -0.15) is 0 Å². The van der Waals surface area contributed by atoms with Crippen LogP contribution in [-0.4, -0.2) is 30.6 Å². The van der Waals surface area contributed by atoms with Gasteiger partial charge in [-0.05, 0) is 13.0 Å². The number of para-hydroxylation sites is 1. The molecular formula is C12H14O5. The maximum atomic E-state index is 11.7. The Hall–Kier alpha value is -1.88. The number of hydrogen-bond donors (Lipinski definition) is 1. The first-order valence-corrected chi connectivity index (χ1v) is 5.13. The quantitative estimate of drug-likeness (QED) is 0.469. The number of esters is 1. The van der Waals surface area contributed by atoms with Crippen LogP contribution in [0.25, 0.3) is 0 Å². The van der Waals surface area contributed by atoms with E-state index >= 15 is 0 Å². The van der Waals surface area contributed by atoms with Gasteiger partial charge in [-0.3, -0.25) is 4.79 Å². The van der Waals surface area contributed by atoms with E-state index < -0.39 is 11.8 Å². The van der Waals surface area contributed by atoms with Gasteiger partial charge in [-0.15, -0.1) is 0 Å². The molecule has 0 saturated carbocycles. The largest absolute Gasteiger partial charge is 0.496 e. The van der Waals surface area contributed by atoms with Gasteiger partial charge in [-0.1, -0.05) is 12.1 Å². The lowest BCUT2D eigenvalue weighted by atomic mass is 10.1. The predicted octanol–water partition coefficient (Wildman–Crippen LogP) is 0.933. The molecule has 0 spiro atoms. The summed E-state index contributed by atoms with van der Waals surface area (Å²) in [4.78, 5) is 23.1. The van der Waals surface area contributed by atoms with Crippen LogP contribution in [0.2, 0.25) is 0 Å². The Morgan fingerprint density at radius 1 is 1.35 bits per heavy atom. The molecule has 0 atom stereocenters. The molecule has 0 fully saturated rings. The molecule has 1 aromatic carbocycles. The smallest absolute Gasteiger partial charge is 0.379 e. The third-order valence-electron chi connectivity index (χ3n) is 2.18. The summed E-state index contributed by atoms with van der Waals surface area (Å²) in [5, 5.41) is 9.09. The van der Waals surface area contributed by atoms with Crippen LogP contribution in [0, 0.1) is 0 Å². The van der Waals surface area contributed by atoms with Gasteiger partial charge >= 0.3 is 5.97 Å². The molecule has 0 saturated heterocycles. The Morgan fingerprint density at radius 2 is 2.06 bits per heavy atom. The molecular weight excluding hydrogens is 224 g/mol. The van der Waals surface area contributed by atoms with Gasteiger partial charge in [0.2, 0.25) is 0 Å². The van der Waals surface area contributed by atoms with Gasteiger partial charge in [0, 0.05) is 5.56 Å². The fraction of sp³-hybridized carbons (Fsp3) is 0.333. The maximum Gasteiger partial charge on any atom is 0.379 e. The van der Waals surface area contributed by atoms with Gasteiger partial charge in [-0.25, -0.2) is 4.79 Å². The molecule has 0 amide bonds. The van der Waals surface area contributed by atoms with E-state index in [1.54, 1.807) is 19.1 Å². The van der Waals surface area contributed by atoms with Crippen molar-refractivity contribution in [2.24, 2.45) is 0 Å². The zero-order valence-corrected chi connectivity index (χ0v) is 9.73. The van der Waals surface area contributed by atoms with E-state index in [0.717, 1.165) is 0 Å². The highest BCUT2D eigenvalue weighted by atomic mass is 16.5. The monoisotopic (exact) mass is 238 g/mol. The van der Waals surface area contributed by atoms with Crippen molar-refractivity contribution in [1.82, 2.24) is 0 Å². The van der Waals surface area contributed by atoms with Crippen molar-refractivity contribution in [1.29, 1.82) is 0 Å². The number of aliphatic hydroxyl groups excluding tert-OH is 1. The number of ketones is 1. The summed E-state index contributed by atoms with van der Waals surface area (Å²) in [5.74, 6) is -1.51. The number of hydrogen-bond acceptors (Lipinski definition) is 5. The standard InChI is InChI=1S/C12H14O5/c1-3-17-12(15)10(14)9-6-4-5-8(7-13)11(9)16-2/h4-6,13H,3,7H2,1-2H3. The minimum atomic E-state index is -0.930. The van der Waals surface area contributed by atoms with Crippen LogP contribution < -0.4 is 4.74 Å². The summed E-state index contributed by atoms with van der Waals surface area (Å²) in [5.41, 5.74) is 0.542. The number of ether oxygens (including phenoxy) is 2.